The van der Waals surface area contributed by atoms with Gasteiger partial charge < -0.3 is 5.43 Å². The molecule has 1 aliphatic carbocycles. The van der Waals surface area contributed by atoms with Gasteiger partial charge in [0.15, 0.2) is 0 Å². The molecule has 2 rings (SSSR count). The zero-order valence-electron chi connectivity index (χ0n) is 11.6. The minimum absolute atomic E-state index is 0.200. The first-order valence-corrected chi connectivity index (χ1v) is 8.67. The highest BCUT2D eigenvalue weighted by Gasteiger charge is 2.19. The lowest BCUT2D eigenvalue weighted by atomic mass is 9.87. The Morgan fingerprint density at radius 2 is 1.85 bits per heavy atom. The van der Waals surface area contributed by atoms with Crippen molar-refractivity contribution >= 4 is 15.7 Å². The fraction of sp³-hybridized carbons (Fsp3) is 0.571. The van der Waals surface area contributed by atoms with Crippen LogP contribution in [0.2, 0.25) is 0 Å². The zero-order valence-corrected chi connectivity index (χ0v) is 12.5. The lowest BCUT2D eigenvalue weighted by molar-refractivity contribution is 0.339. The van der Waals surface area contributed by atoms with E-state index < -0.39 is 10.0 Å². The molecule has 1 aliphatic rings. The molecule has 4 N–H and O–H groups in total. The lowest BCUT2D eigenvalue weighted by Crippen LogP contribution is -2.27. The van der Waals surface area contributed by atoms with Gasteiger partial charge in [0, 0.05) is 6.54 Å². The Bertz CT molecular complexity index is 525. The molecule has 112 valence electrons. The predicted octanol–water partition coefficient (Wildman–Crippen LogP) is 2.22. The van der Waals surface area contributed by atoms with Crippen molar-refractivity contribution in [2.24, 2.45) is 11.8 Å². The van der Waals surface area contributed by atoms with E-state index in [1.54, 1.807) is 24.3 Å². The van der Waals surface area contributed by atoms with Crippen molar-refractivity contribution in [1.29, 1.82) is 0 Å². The number of para-hydroxylation sites is 1. The fourth-order valence-corrected chi connectivity index (χ4v) is 3.99. The first-order valence-electron chi connectivity index (χ1n) is 7.19. The van der Waals surface area contributed by atoms with Gasteiger partial charge in [-0.1, -0.05) is 44.2 Å². The summed E-state index contributed by atoms with van der Waals surface area (Å²) in [5, 5.41) is 0. The molecule has 0 bridgehead atoms. The first-order chi connectivity index (χ1) is 9.63. The Morgan fingerprint density at radius 1 is 1.15 bits per heavy atom. The van der Waals surface area contributed by atoms with Crippen LogP contribution in [0.3, 0.4) is 0 Å². The molecule has 0 amide bonds. The number of rotatable bonds is 6. The molecule has 0 heterocycles. The number of nitrogen functional groups attached to an aromatic ring is 1. The fourth-order valence-electron chi connectivity index (χ4n) is 2.77. The number of benzene rings is 1. The lowest BCUT2D eigenvalue weighted by Gasteiger charge is -2.21. The van der Waals surface area contributed by atoms with Crippen molar-refractivity contribution < 1.29 is 8.42 Å². The molecule has 0 aliphatic heterocycles. The standard InChI is InChI=1S/C14H23N3O2S/c15-17-13-8-4-5-9-14(13)20(18,19)16-11-10-12-6-2-1-3-7-12/h4-5,8-9,12,16-17H,1-3,6-7,10-11,15H2. The number of nitrogens with two attached hydrogens (primary N) is 1. The van der Waals surface area contributed by atoms with Crippen molar-refractivity contribution in [3.63, 3.8) is 0 Å². The van der Waals surface area contributed by atoms with Crippen LogP contribution < -0.4 is 16.0 Å². The third-order valence-electron chi connectivity index (χ3n) is 3.90. The van der Waals surface area contributed by atoms with Crippen LogP contribution in [0.1, 0.15) is 38.5 Å². The van der Waals surface area contributed by atoms with Gasteiger partial charge >= 0.3 is 0 Å². The van der Waals surface area contributed by atoms with E-state index in [0.717, 1.165) is 6.42 Å². The molecule has 0 atom stereocenters. The zero-order chi connectivity index (χ0) is 14.4. The van der Waals surface area contributed by atoms with Gasteiger partial charge in [-0.2, -0.15) is 0 Å². The van der Waals surface area contributed by atoms with Crippen LogP contribution in [0, 0.1) is 5.92 Å². The second kappa shape index (κ2) is 7.06. The van der Waals surface area contributed by atoms with Gasteiger partial charge in [-0.25, -0.2) is 13.1 Å². The summed E-state index contributed by atoms with van der Waals surface area (Å²) < 4.78 is 27.2. The average molecular weight is 297 g/mol. The van der Waals surface area contributed by atoms with Crippen LogP contribution in [0.5, 0.6) is 0 Å². The summed E-state index contributed by atoms with van der Waals surface area (Å²) in [6.07, 6.45) is 7.23. The van der Waals surface area contributed by atoms with Crippen LogP contribution in [-0.2, 0) is 10.0 Å². The van der Waals surface area contributed by atoms with Crippen molar-refractivity contribution in [3.05, 3.63) is 24.3 Å². The molecule has 0 spiro atoms. The molecule has 0 radical (unpaired) electrons. The average Bonchev–Trinajstić information content (AvgIpc) is 2.48. The molecule has 0 saturated heterocycles. The minimum atomic E-state index is -3.50. The van der Waals surface area contributed by atoms with Gasteiger partial charge in [0.05, 0.1) is 5.69 Å². The summed E-state index contributed by atoms with van der Waals surface area (Å²) >= 11 is 0. The molecular weight excluding hydrogens is 274 g/mol. The molecule has 6 heteroatoms. The van der Waals surface area contributed by atoms with Crippen LogP contribution in [0.15, 0.2) is 29.2 Å². The number of anilines is 1. The van der Waals surface area contributed by atoms with E-state index in [9.17, 15) is 8.42 Å². The molecule has 5 nitrogen and oxygen atoms in total. The third-order valence-corrected chi connectivity index (χ3v) is 5.42. The summed E-state index contributed by atoms with van der Waals surface area (Å²) in [5.41, 5.74) is 2.84. The highest BCUT2D eigenvalue weighted by Crippen LogP contribution is 2.26. The number of hydrazine groups is 1. The van der Waals surface area contributed by atoms with Gasteiger partial charge in [0.1, 0.15) is 4.90 Å². The normalized spacial score (nSPS) is 17.1. The maximum atomic E-state index is 12.2. The molecule has 1 aromatic carbocycles. The molecule has 0 unspecified atom stereocenters. The highest BCUT2D eigenvalue weighted by atomic mass is 32.2. The Morgan fingerprint density at radius 3 is 2.55 bits per heavy atom. The second-order valence-electron chi connectivity index (χ2n) is 5.33. The summed E-state index contributed by atoms with van der Waals surface area (Å²) in [4.78, 5) is 0.200. The molecule has 0 aromatic heterocycles. The summed E-state index contributed by atoms with van der Waals surface area (Å²) in [6.45, 7) is 0.492. The highest BCUT2D eigenvalue weighted by molar-refractivity contribution is 7.89. The molecule has 1 fully saturated rings. The van der Waals surface area contributed by atoms with E-state index in [4.69, 9.17) is 5.84 Å². The number of hydrogen-bond donors (Lipinski definition) is 3. The van der Waals surface area contributed by atoms with Crippen molar-refractivity contribution in [2.75, 3.05) is 12.0 Å². The van der Waals surface area contributed by atoms with E-state index in [0.29, 0.717) is 18.2 Å². The second-order valence-corrected chi connectivity index (χ2v) is 7.07. The minimum Gasteiger partial charge on any atom is -0.323 e. The van der Waals surface area contributed by atoms with E-state index in [1.165, 1.54) is 32.1 Å². The van der Waals surface area contributed by atoms with Crippen LogP contribution in [0.4, 0.5) is 5.69 Å². The van der Waals surface area contributed by atoms with Crippen LogP contribution >= 0.6 is 0 Å². The molecule has 20 heavy (non-hydrogen) atoms. The first kappa shape index (κ1) is 15.3. The van der Waals surface area contributed by atoms with Crippen molar-refractivity contribution in [1.82, 2.24) is 4.72 Å². The van der Waals surface area contributed by atoms with Gasteiger partial charge in [-0.05, 0) is 24.5 Å². The van der Waals surface area contributed by atoms with E-state index >= 15 is 0 Å². The Kier molecular flexibility index (Phi) is 5.39. The van der Waals surface area contributed by atoms with Crippen molar-refractivity contribution in [3.8, 4) is 0 Å². The summed E-state index contributed by atoms with van der Waals surface area (Å²) in [6, 6.07) is 6.64. The van der Waals surface area contributed by atoms with Gasteiger partial charge in [0.2, 0.25) is 10.0 Å². The van der Waals surface area contributed by atoms with Gasteiger partial charge in [-0.3, -0.25) is 5.84 Å². The monoisotopic (exact) mass is 297 g/mol. The van der Waals surface area contributed by atoms with Crippen LogP contribution in [0.25, 0.3) is 0 Å². The Balaban J connectivity index is 1.93. The third kappa shape index (κ3) is 3.94. The maximum absolute atomic E-state index is 12.2. The number of sulfonamides is 1. The summed E-state index contributed by atoms with van der Waals surface area (Å²) in [7, 11) is -3.50. The smallest absolute Gasteiger partial charge is 0.242 e. The Labute approximate surface area is 121 Å². The van der Waals surface area contributed by atoms with Gasteiger partial charge in [-0.15, -0.1) is 0 Å². The SMILES string of the molecule is NNc1ccccc1S(=O)(=O)NCCC1CCCCC1. The predicted molar refractivity (Wildman–Crippen MR) is 80.6 cm³/mol. The quantitative estimate of drug-likeness (QED) is 0.555. The number of nitrogens with one attached hydrogen (secondary N) is 2. The largest absolute Gasteiger partial charge is 0.323 e. The van der Waals surface area contributed by atoms with Crippen LogP contribution in [-0.4, -0.2) is 15.0 Å². The molecular formula is C14H23N3O2S. The van der Waals surface area contributed by atoms with E-state index in [-0.39, 0.29) is 4.90 Å². The Hall–Kier alpha value is -1.11. The maximum Gasteiger partial charge on any atom is 0.242 e. The number of hydrogen-bond acceptors (Lipinski definition) is 4. The summed E-state index contributed by atoms with van der Waals surface area (Å²) in [5.74, 6) is 6.01. The van der Waals surface area contributed by atoms with E-state index in [1.807, 2.05) is 0 Å². The van der Waals surface area contributed by atoms with Gasteiger partial charge in [0.25, 0.3) is 0 Å². The van der Waals surface area contributed by atoms with E-state index in [2.05, 4.69) is 10.1 Å². The van der Waals surface area contributed by atoms with Crippen molar-refractivity contribution in [2.45, 2.75) is 43.4 Å². The topological polar surface area (TPSA) is 84.2 Å². The molecule has 1 saturated carbocycles. The molecule has 1 aromatic rings.